The number of anilines is 1. The van der Waals surface area contributed by atoms with Crippen LogP contribution in [0.15, 0.2) is 84.9 Å². The number of rotatable bonds is 7. The van der Waals surface area contributed by atoms with E-state index in [2.05, 4.69) is 4.90 Å². The zero-order valence-electron chi connectivity index (χ0n) is 18.6. The first-order valence-corrected chi connectivity index (χ1v) is 11.2. The number of halogens is 1. The Labute approximate surface area is 194 Å². The standard InChI is InChI=1S/C27H28FN3O2/c28-24-13-11-22(12-14-24)19-26(32)30-17-15-29(16-18-30)21-27(33)31(25-9-5-2-6-10-25)20-23-7-3-1-4-8-23/h1-14H,15-21H2. The van der Waals surface area contributed by atoms with Crippen molar-refractivity contribution in [2.45, 2.75) is 13.0 Å². The summed E-state index contributed by atoms with van der Waals surface area (Å²) in [6.07, 6.45) is 0.262. The number of carbonyl (C=O) groups is 2. The fraction of sp³-hybridized carbons (Fsp3) is 0.259. The van der Waals surface area contributed by atoms with Gasteiger partial charge in [0.25, 0.3) is 0 Å². The van der Waals surface area contributed by atoms with Crippen LogP contribution in [0.3, 0.4) is 0 Å². The van der Waals surface area contributed by atoms with E-state index in [0.29, 0.717) is 39.3 Å². The highest BCUT2D eigenvalue weighted by Crippen LogP contribution is 2.18. The lowest BCUT2D eigenvalue weighted by Gasteiger charge is -2.35. The molecule has 170 valence electrons. The van der Waals surface area contributed by atoms with Crippen LogP contribution in [-0.2, 0) is 22.6 Å². The lowest BCUT2D eigenvalue weighted by molar-refractivity contribution is -0.132. The van der Waals surface area contributed by atoms with Crippen LogP contribution in [-0.4, -0.2) is 54.3 Å². The molecule has 0 spiro atoms. The molecule has 1 aliphatic heterocycles. The number of hydrogen-bond acceptors (Lipinski definition) is 3. The molecule has 0 aromatic heterocycles. The molecule has 3 aromatic rings. The van der Waals surface area contributed by atoms with E-state index >= 15 is 0 Å². The minimum absolute atomic E-state index is 0.0302. The number of benzene rings is 3. The molecule has 0 saturated carbocycles. The van der Waals surface area contributed by atoms with Crippen molar-refractivity contribution >= 4 is 17.5 Å². The summed E-state index contributed by atoms with van der Waals surface area (Å²) in [5.74, 6) is -0.236. The average molecular weight is 446 g/mol. The molecule has 0 N–H and O–H groups in total. The smallest absolute Gasteiger partial charge is 0.241 e. The van der Waals surface area contributed by atoms with Gasteiger partial charge in [-0.1, -0.05) is 60.7 Å². The maximum atomic E-state index is 13.3. The second kappa shape index (κ2) is 10.9. The van der Waals surface area contributed by atoms with E-state index in [0.717, 1.165) is 16.8 Å². The summed E-state index contributed by atoms with van der Waals surface area (Å²) < 4.78 is 13.1. The molecule has 33 heavy (non-hydrogen) atoms. The van der Waals surface area contributed by atoms with Crippen LogP contribution in [0.1, 0.15) is 11.1 Å². The van der Waals surface area contributed by atoms with Crippen LogP contribution in [0, 0.1) is 5.82 Å². The van der Waals surface area contributed by atoms with Gasteiger partial charge in [-0.25, -0.2) is 4.39 Å². The van der Waals surface area contributed by atoms with Crippen LogP contribution in [0.5, 0.6) is 0 Å². The second-order valence-corrected chi connectivity index (χ2v) is 8.26. The Balaban J connectivity index is 1.33. The fourth-order valence-electron chi connectivity index (χ4n) is 4.02. The van der Waals surface area contributed by atoms with E-state index in [1.165, 1.54) is 12.1 Å². The molecule has 2 amide bonds. The molecule has 1 aliphatic rings. The van der Waals surface area contributed by atoms with Crippen LogP contribution in [0.25, 0.3) is 0 Å². The molecule has 0 atom stereocenters. The summed E-state index contributed by atoms with van der Waals surface area (Å²) in [7, 11) is 0. The van der Waals surface area contributed by atoms with Gasteiger partial charge in [-0.05, 0) is 35.4 Å². The predicted octanol–water partition coefficient (Wildman–Crippen LogP) is 3.75. The van der Waals surface area contributed by atoms with Gasteiger partial charge in [-0.15, -0.1) is 0 Å². The van der Waals surface area contributed by atoms with Crippen molar-refractivity contribution in [3.05, 3.63) is 102 Å². The van der Waals surface area contributed by atoms with Crippen molar-refractivity contribution in [1.82, 2.24) is 9.80 Å². The number of amides is 2. The van der Waals surface area contributed by atoms with Crippen molar-refractivity contribution in [1.29, 1.82) is 0 Å². The van der Waals surface area contributed by atoms with Gasteiger partial charge in [-0.3, -0.25) is 14.5 Å². The molecule has 3 aromatic carbocycles. The van der Waals surface area contributed by atoms with E-state index < -0.39 is 0 Å². The molecule has 0 radical (unpaired) electrons. The van der Waals surface area contributed by atoms with Crippen molar-refractivity contribution in [2.75, 3.05) is 37.6 Å². The van der Waals surface area contributed by atoms with Gasteiger partial charge in [0.05, 0.1) is 19.5 Å². The zero-order valence-corrected chi connectivity index (χ0v) is 18.6. The highest BCUT2D eigenvalue weighted by Gasteiger charge is 2.25. The van der Waals surface area contributed by atoms with Gasteiger partial charge < -0.3 is 9.80 Å². The summed E-state index contributed by atoms with van der Waals surface area (Å²) >= 11 is 0. The molecule has 1 fully saturated rings. The first kappa shape index (κ1) is 22.7. The van der Waals surface area contributed by atoms with Gasteiger partial charge in [0.2, 0.25) is 11.8 Å². The molecular formula is C27H28FN3O2. The lowest BCUT2D eigenvalue weighted by Crippen LogP contribution is -2.51. The third kappa shape index (κ3) is 6.26. The largest absolute Gasteiger partial charge is 0.340 e. The highest BCUT2D eigenvalue weighted by molar-refractivity contribution is 5.94. The molecule has 6 heteroatoms. The summed E-state index contributed by atoms with van der Waals surface area (Å²) in [6, 6.07) is 25.7. The molecule has 1 saturated heterocycles. The predicted molar refractivity (Wildman–Crippen MR) is 127 cm³/mol. The van der Waals surface area contributed by atoms with E-state index in [-0.39, 0.29) is 24.1 Å². The third-order valence-electron chi connectivity index (χ3n) is 5.90. The summed E-state index contributed by atoms with van der Waals surface area (Å²) in [6.45, 7) is 3.28. The Kier molecular flexibility index (Phi) is 7.47. The molecule has 0 aliphatic carbocycles. The number of para-hydroxylation sites is 1. The quantitative estimate of drug-likeness (QED) is 0.557. The normalized spacial score (nSPS) is 14.2. The average Bonchev–Trinajstić information content (AvgIpc) is 2.85. The van der Waals surface area contributed by atoms with Crippen LogP contribution < -0.4 is 4.90 Å². The molecule has 5 nitrogen and oxygen atoms in total. The fourth-order valence-corrected chi connectivity index (χ4v) is 4.02. The van der Waals surface area contributed by atoms with Crippen LogP contribution in [0.4, 0.5) is 10.1 Å². The van der Waals surface area contributed by atoms with Gasteiger partial charge in [-0.2, -0.15) is 0 Å². The van der Waals surface area contributed by atoms with Gasteiger partial charge in [0.15, 0.2) is 0 Å². The molecule has 4 rings (SSSR count). The van der Waals surface area contributed by atoms with E-state index in [1.807, 2.05) is 70.5 Å². The Morgan fingerprint density at radius 1 is 0.758 bits per heavy atom. The minimum atomic E-state index is -0.304. The van der Waals surface area contributed by atoms with Crippen molar-refractivity contribution in [2.24, 2.45) is 0 Å². The topological polar surface area (TPSA) is 43.9 Å². The summed E-state index contributed by atoms with van der Waals surface area (Å²) in [4.78, 5) is 31.6. The maximum absolute atomic E-state index is 13.3. The lowest BCUT2D eigenvalue weighted by atomic mass is 10.1. The third-order valence-corrected chi connectivity index (χ3v) is 5.90. The highest BCUT2D eigenvalue weighted by atomic mass is 19.1. The molecule has 1 heterocycles. The minimum Gasteiger partial charge on any atom is -0.340 e. The van der Waals surface area contributed by atoms with E-state index in [9.17, 15) is 14.0 Å². The van der Waals surface area contributed by atoms with Gasteiger partial charge in [0, 0.05) is 31.9 Å². The van der Waals surface area contributed by atoms with Crippen molar-refractivity contribution in [3.63, 3.8) is 0 Å². The van der Waals surface area contributed by atoms with Crippen molar-refractivity contribution < 1.29 is 14.0 Å². The van der Waals surface area contributed by atoms with Crippen molar-refractivity contribution in [3.8, 4) is 0 Å². The number of carbonyl (C=O) groups excluding carboxylic acids is 2. The summed E-state index contributed by atoms with van der Waals surface area (Å²) in [5.41, 5.74) is 2.75. The number of piperazine rings is 1. The van der Waals surface area contributed by atoms with Gasteiger partial charge >= 0.3 is 0 Å². The zero-order chi connectivity index (χ0) is 23.0. The Morgan fingerprint density at radius 3 is 2.00 bits per heavy atom. The SMILES string of the molecule is O=C(Cc1ccc(F)cc1)N1CCN(CC(=O)N(Cc2ccccc2)c2ccccc2)CC1. The number of nitrogens with zero attached hydrogens (tertiary/aromatic N) is 3. The Hall–Kier alpha value is -3.51. The Bertz CT molecular complexity index is 1050. The van der Waals surface area contributed by atoms with Crippen LogP contribution in [0.2, 0.25) is 0 Å². The first-order valence-electron chi connectivity index (χ1n) is 11.2. The Morgan fingerprint density at radius 2 is 1.36 bits per heavy atom. The van der Waals surface area contributed by atoms with E-state index in [1.54, 1.807) is 12.1 Å². The molecular weight excluding hydrogens is 417 g/mol. The first-order chi connectivity index (χ1) is 16.1. The monoisotopic (exact) mass is 445 g/mol. The van der Waals surface area contributed by atoms with E-state index in [4.69, 9.17) is 0 Å². The molecule has 0 bridgehead atoms. The second-order valence-electron chi connectivity index (χ2n) is 8.26. The van der Waals surface area contributed by atoms with Gasteiger partial charge in [0.1, 0.15) is 5.82 Å². The summed E-state index contributed by atoms with van der Waals surface area (Å²) in [5, 5.41) is 0. The maximum Gasteiger partial charge on any atom is 0.241 e. The van der Waals surface area contributed by atoms with Crippen LogP contribution >= 0.6 is 0 Å². The number of hydrogen-bond donors (Lipinski definition) is 0. The molecule has 0 unspecified atom stereocenters.